The van der Waals surface area contributed by atoms with Crippen molar-refractivity contribution in [3.05, 3.63) is 36.6 Å². The standard InChI is InChI=1S/C12H9N3O3/c13-8-4-3-7(6-9(8)16)12-14-11(15-18-12)10-2-1-5-17-10/h1-6,16H,13H2. The van der Waals surface area contributed by atoms with Crippen molar-refractivity contribution in [1.82, 2.24) is 10.1 Å². The summed E-state index contributed by atoms with van der Waals surface area (Å²) in [4.78, 5) is 4.17. The van der Waals surface area contributed by atoms with Crippen LogP contribution in [0.3, 0.4) is 0 Å². The molecule has 0 aliphatic carbocycles. The maximum absolute atomic E-state index is 9.52. The van der Waals surface area contributed by atoms with Crippen molar-refractivity contribution in [2.45, 2.75) is 0 Å². The first-order valence-electron chi connectivity index (χ1n) is 5.20. The molecule has 0 bridgehead atoms. The Labute approximate surface area is 102 Å². The van der Waals surface area contributed by atoms with Crippen LogP contribution in [0.25, 0.3) is 23.0 Å². The molecular formula is C12H9N3O3. The summed E-state index contributed by atoms with van der Waals surface area (Å²) in [6, 6.07) is 8.19. The summed E-state index contributed by atoms with van der Waals surface area (Å²) < 4.78 is 10.3. The van der Waals surface area contributed by atoms with Crippen molar-refractivity contribution in [1.29, 1.82) is 0 Å². The highest BCUT2D eigenvalue weighted by Gasteiger charge is 2.13. The van der Waals surface area contributed by atoms with Crippen LogP contribution in [-0.2, 0) is 0 Å². The van der Waals surface area contributed by atoms with Crippen LogP contribution in [0.2, 0.25) is 0 Å². The third kappa shape index (κ3) is 1.69. The van der Waals surface area contributed by atoms with Crippen LogP contribution >= 0.6 is 0 Å². The molecule has 3 N–H and O–H groups in total. The van der Waals surface area contributed by atoms with Gasteiger partial charge in [-0.1, -0.05) is 5.16 Å². The number of hydrogen-bond donors (Lipinski definition) is 2. The predicted molar refractivity (Wildman–Crippen MR) is 63.5 cm³/mol. The number of furan rings is 1. The van der Waals surface area contributed by atoms with Crippen LogP contribution in [0.4, 0.5) is 5.69 Å². The maximum atomic E-state index is 9.52. The fourth-order valence-corrected chi connectivity index (χ4v) is 1.52. The third-order valence-electron chi connectivity index (χ3n) is 2.44. The quantitative estimate of drug-likeness (QED) is 0.529. The SMILES string of the molecule is Nc1ccc(-c2nc(-c3ccco3)no2)cc1O. The lowest BCUT2D eigenvalue weighted by Gasteiger charge is -1.99. The Bertz CT molecular complexity index is 674. The highest BCUT2D eigenvalue weighted by Crippen LogP contribution is 2.28. The molecule has 6 nitrogen and oxygen atoms in total. The van der Waals surface area contributed by atoms with Gasteiger partial charge in [-0.2, -0.15) is 4.98 Å². The second-order valence-corrected chi connectivity index (χ2v) is 3.67. The fourth-order valence-electron chi connectivity index (χ4n) is 1.52. The summed E-state index contributed by atoms with van der Waals surface area (Å²) in [7, 11) is 0. The normalized spacial score (nSPS) is 10.7. The number of nitrogens with two attached hydrogens (primary N) is 1. The molecule has 18 heavy (non-hydrogen) atoms. The number of benzene rings is 1. The van der Waals surface area contributed by atoms with E-state index in [9.17, 15) is 5.11 Å². The number of aromatic hydroxyl groups is 1. The van der Waals surface area contributed by atoms with Crippen molar-refractivity contribution in [3.63, 3.8) is 0 Å². The van der Waals surface area contributed by atoms with E-state index in [0.717, 1.165) is 0 Å². The fraction of sp³-hybridized carbons (Fsp3) is 0. The van der Waals surface area contributed by atoms with Gasteiger partial charge >= 0.3 is 0 Å². The van der Waals surface area contributed by atoms with Crippen LogP contribution in [0.1, 0.15) is 0 Å². The topological polar surface area (TPSA) is 98.3 Å². The van der Waals surface area contributed by atoms with Crippen molar-refractivity contribution in [3.8, 4) is 28.8 Å². The summed E-state index contributed by atoms with van der Waals surface area (Å²) in [6.45, 7) is 0. The van der Waals surface area contributed by atoms with Gasteiger partial charge in [0, 0.05) is 5.56 Å². The second-order valence-electron chi connectivity index (χ2n) is 3.67. The summed E-state index contributed by atoms with van der Waals surface area (Å²) >= 11 is 0. The van der Waals surface area contributed by atoms with Gasteiger partial charge in [0.1, 0.15) is 5.75 Å². The van der Waals surface area contributed by atoms with E-state index in [1.54, 1.807) is 24.3 Å². The van der Waals surface area contributed by atoms with E-state index in [-0.39, 0.29) is 11.6 Å². The first kappa shape index (κ1) is 10.4. The van der Waals surface area contributed by atoms with Gasteiger partial charge < -0.3 is 19.8 Å². The Morgan fingerprint density at radius 3 is 2.83 bits per heavy atom. The van der Waals surface area contributed by atoms with Gasteiger partial charge in [-0.3, -0.25) is 0 Å². The molecule has 0 saturated carbocycles. The highest BCUT2D eigenvalue weighted by molar-refractivity contribution is 5.64. The number of phenols is 1. The molecule has 0 atom stereocenters. The average Bonchev–Trinajstić information content (AvgIpc) is 3.01. The molecule has 0 saturated heterocycles. The molecule has 2 heterocycles. The summed E-state index contributed by atoms with van der Waals surface area (Å²) in [5.41, 5.74) is 6.40. The molecule has 2 aromatic heterocycles. The Balaban J connectivity index is 2.00. The van der Waals surface area contributed by atoms with Crippen LogP contribution < -0.4 is 5.73 Å². The van der Waals surface area contributed by atoms with E-state index in [1.165, 1.54) is 12.3 Å². The molecule has 0 spiro atoms. The number of nitrogen functional groups attached to an aromatic ring is 1. The molecule has 0 unspecified atom stereocenters. The van der Waals surface area contributed by atoms with E-state index >= 15 is 0 Å². The van der Waals surface area contributed by atoms with Crippen molar-refractivity contribution < 1.29 is 14.0 Å². The first-order valence-corrected chi connectivity index (χ1v) is 5.20. The van der Waals surface area contributed by atoms with E-state index in [0.29, 0.717) is 22.8 Å². The molecular weight excluding hydrogens is 234 g/mol. The van der Waals surface area contributed by atoms with E-state index in [1.807, 2.05) is 0 Å². The lowest BCUT2D eigenvalue weighted by atomic mass is 10.2. The number of aromatic nitrogens is 2. The first-order chi connectivity index (χ1) is 8.74. The summed E-state index contributed by atoms with van der Waals surface area (Å²) in [5.74, 6) is 1.14. The van der Waals surface area contributed by atoms with Gasteiger partial charge in [0.2, 0.25) is 5.82 Å². The van der Waals surface area contributed by atoms with Gasteiger partial charge in [0.05, 0.1) is 12.0 Å². The molecule has 90 valence electrons. The number of rotatable bonds is 2. The molecule has 0 fully saturated rings. The minimum atomic E-state index is -0.0229. The number of phenolic OH excluding ortho intramolecular Hbond substituents is 1. The Kier molecular flexibility index (Phi) is 2.26. The van der Waals surface area contributed by atoms with E-state index < -0.39 is 0 Å². The van der Waals surface area contributed by atoms with Gasteiger partial charge in [-0.05, 0) is 30.3 Å². The summed E-state index contributed by atoms with van der Waals surface area (Å²) in [5, 5.41) is 13.3. The molecule has 3 aromatic rings. The molecule has 1 aromatic carbocycles. The largest absolute Gasteiger partial charge is 0.506 e. The lowest BCUT2D eigenvalue weighted by Crippen LogP contribution is -1.86. The zero-order valence-electron chi connectivity index (χ0n) is 9.20. The molecule has 6 heteroatoms. The minimum absolute atomic E-state index is 0.0229. The Morgan fingerprint density at radius 2 is 2.11 bits per heavy atom. The number of nitrogens with zero attached hydrogens (tertiary/aromatic N) is 2. The molecule has 0 amide bonds. The number of anilines is 1. The zero-order valence-corrected chi connectivity index (χ0v) is 9.20. The van der Waals surface area contributed by atoms with Gasteiger partial charge in [-0.15, -0.1) is 0 Å². The van der Waals surface area contributed by atoms with E-state index in [4.69, 9.17) is 14.7 Å². The van der Waals surface area contributed by atoms with Crippen molar-refractivity contribution >= 4 is 5.69 Å². The second kappa shape index (κ2) is 3.92. The molecule has 0 aliphatic heterocycles. The zero-order chi connectivity index (χ0) is 12.5. The minimum Gasteiger partial charge on any atom is -0.506 e. The van der Waals surface area contributed by atoms with E-state index in [2.05, 4.69) is 10.1 Å². The summed E-state index contributed by atoms with van der Waals surface area (Å²) in [6.07, 6.45) is 1.53. The molecule has 3 rings (SSSR count). The monoisotopic (exact) mass is 243 g/mol. The third-order valence-corrected chi connectivity index (χ3v) is 2.44. The lowest BCUT2D eigenvalue weighted by molar-refractivity contribution is 0.429. The van der Waals surface area contributed by atoms with Crippen LogP contribution in [0.5, 0.6) is 5.75 Å². The maximum Gasteiger partial charge on any atom is 0.258 e. The van der Waals surface area contributed by atoms with Gasteiger partial charge in [0.15, 0.2) is 5.76 Å². The van der Waals surface area contributed by atoms with Crippen LogP contribution in [-0.4, -0.2) is 15.2 Å². The van der Waals surface area contributed by atoms with Crippen LogP contribution in [0.15, 0.2) is 45.5 Å². The highest BCUT2D eigenvalue weighted by atomic mass is 16.5. The van der Waals surface area contributed by atoms with Crippen LogP contribution in [0, 0.1) is 0 Å². The predicted octanol–water partition coefficient (Wildman–Crippen LogP) is 2.28. The molecule has 0 radical (unpaired) electrons. The van der Waals surface area contributed by atoms with Gasteiger partial charge in [-0.25, -0.2) is 0 Å². The van der Waals surface area contributed by atoms with Crippen molar-refractivity contribution in [2.75, 3.05) is 5.73 Å². The Morgan fingerprint density at radius 1 is 1.22 bits per heavy atom. The molecule has 0 aliphatic rings. The average molecular weight is 243 g/mol. The van der Waals surface area contributed by atoms with Gasteiger partial charge in [0.25, 0.3) is 5.89 Å². The number of hydrogen-bond acceptors (Lipinski definition) is 6. The van der Waals surface area contributed by atoms with Crippen molar-refractivity contribution in [2.24, 2.45) is 0 Å². The smallest absolute Gasteiger partial charge is 0.258 e. The Hall–Kier alpha value is -2.76.